The van der Waals surface area contributed by atoms with Gasteiger partial charge in [-0.2, -0.15) is 9.50 Å². The molecule has 2 fully saturated rings. The summed E-state index contributed by atoms with van der Waals surface area (Å²) in [6.07, 6.45) is 12.8. The molecule has 1 aliphatic heterocycles. The fourth-order valence-electron chi connectivity index (χ4n) is 5.05. The summed E-state index contributed by atoms with van der Waals surface area (Å²) in [6.45, 7) is 1.18. The zero-order valence-corrected chi connectivity index (χ0v) is 19.9. The first-order valence-corrected chi connectivity index (χ1v) is 12.5. The molecule has 35 heavy (non-hydrogen) atoms. The van der Waals surface area contributed by atoms with Crippen LogP contribution in [0.25, 0.3) is 11.4 Å². The molecule has 1 saturated heterocycles. The number of allylic oxidation sites excluding steroid dienone is 4. The third kappa shape index (κ3) is 5.24. The number of H-pyrrole nitrogens is 1. The van der Waals surface area contributed by atoms with Crippen molar-refractivity contribution >= 4 is 17.3 Å². The van der Waals surface area contributed by atoms with Gasteiger partial charge in [-0.15, -0.1) is 0 Å². The quantitative estimate of drug-likeness (QED) is 0.549. The summed E-state index contributed by atoms with van der Waals surface area (Å²) in [7, 11) is 0. The lowest BCUT2D eigenvalue weighted by molar-refractivity contribution is -0.156. The maximum Gasteiger partial charge on any atom is 0.274 e. The Hall–Kier alpha value is -2.82. The van der Waals surface area contributed by atoms with Gasteiger partial charge in [0.05, 0.1) is 17.9 Å². The number of aromatic amines is 1. The second-order valence-corrected chi connectivity index (χ2v) is 9.82. The molecule has 1 amide bonds. The van der Waals surface area contributed by atoms with Gasteiger partial charge >= 0.3 is 0 Å². The highest BCUT2D eigenvalue weighted by molar-refractivity contribution is 5.85. The molecule has 3 heterocycles. The van der Waals surface area contributed by atoms with Gasteiger partial charge in [0.15, 0.2) is 5.82 Å². The van der Waals surface area contributed by atoms with Gasteiger partial charge in [-0.1, -0.05) is 37.5 Å². The van der Waals surface area contributed by atoms with Crippen LogP contribution in [0.2, 0.25) is 0 Å². The van der Waals surface area contributed by atoms with Crippen molar-refractivity contribution in [3.63, 3.8) is 0 Å². The smallest absolute Gasteiger partial charge is 0.274 e. The Morgan fingerprint density at radius 1 is 1.20 bits per heavy atom. The molecule has 3 aliphatic rings. The number of fused-ring (bicyclic) bond motifs is 1. The van der Waals surface area contributed by atoms with Crippen LogP contribution in [0.3, 0.4) is 0 Å². The molecule has 10 nitrogen and oxygen atoms in total. The lowest BCUT2D eigenvalue weighted by Crippen LogP contribution is -2.54. The molecule has 0 spiro atoms. The van der Waals surface area contributed by atoms with E-state index in [9.17, 15) is 14.7 Å². The molecule has 2 aromatic heterocycles. The predicted molar refractivity (Wildman–Crippen MR) is 129 cm³/mol. The fourth-order valence-corrected chi connectivity index (χ4v) is 5.05. The molecule has 5 rings (SSSR count). The molecule has 2 aromatic rings. The van der Waals surface area contributed by atoms with Gasteiger partial charge in [-0.3, -0.25) is 14.7 Å². The van der Waals surface area contributed by atoms with Crippen molar-refractivity contribution in [1.29, 1.82) is 0 Å². The van der Waals surface area contributed by atoms with Crippen molar-refractivity contribution in [2.24, 2.45) is 0 Å². The van der Waals surface area contributed by atoms with Crippen LogP contribution in [0, 0.1) is 0 Å². The number of carbonyl (C=O) groups excluding carboxylic acids is 1. The number of nitrogens with one attached hydrogen (secondary N) is 2. The minimum Gasteiger partial charge on any atom is -0.388 e. The van der Waals surface area contributed by atoms with Crippen molar-refractivity contribution in [1.82, 2.24) is 24.9 Å². The van der Waals surface area contributed by atoms with E-state index in [1.807, 2.05) is 12.2 Å². The Labute approximate surface area is 203 Å². The van der Waals surface area contributed by atoms with Gasteiger partial charge in [-0.25, -0.2) is 4.98 Å². The van der Waals surface area contributed by atoms with E-state index in [0.717, 1.165) is 37.7 Å². The Morgan fingerprint density at radius 3 is 2.74 bits per heavy atom. The predicted octanol–water partition coefficient (Wildman–Crippen LogP) is 2.03. The molecule has 0 bridgehead atoms. The molecule has 1 saturated carbocycles. The first-order chi connectivity index (χ1) is 17.0. The van der Waals surface area contributed by atoms with Gasteiger partial charge < -0.3 is 19.9 Å². The van der Waals surface area contributed by atoms with Crippen LogP contribution in [0.5, 0.6) is 0 Å². The maximum atomic E-state index is 13.3. The van der Waals surface area contributed by atoms with Crippen molar-refractivity contribution in [2.45, 2.75) is 75.6 Å². The Balaban J connectivity index is 1.30. The molecule has 188 valence electrons. The second-order valence-electron chi connectivity index (χ2n) is 9.82. The number of nitrogens with zero attached hydrogens (tertiary/aromatic N) is 3. The number of aromatic nitrogens is 4. The normalized spacial score (nSPS) is 21.6. The van der Waals surface area contributed by atoms with Crippen molar-refractivity contribution in [3.8, 4) is 0 Å². The molecule has 0 unspecified atom stereocenters. The number of amides is 1. The zero-order chi connectivity index (χ0) is 24.3. The van der Waals surface area contributed by atoms with Gasteiger partial charge in [0.2, 0.25) is 0 Å². The number of ether oxygens (including phenoxy) is 2. The largest absolute Gasteiger partial charge is 0.388 e. The average Bonchev–Trinajstić information content (AvgIpc) is 3.33. The number of carbonyl (C=O) groups is 1. The van der Waals surface area contributed by atoms with Crippen LogP contribution < -0.4 is 10.9 Å². The molecule has 0 radical (unpaired) electrons. The summed E-state index contributed by atoms with van der Waals surface area (Å²) in [4.78, 5) is 35.0. The highest BCUT2D eigenvalue weighted by Gasteiger charge is 2.42. The summed E-state index contributed by atoms with van der Waals surface area (Å²) in [5.74, 6) is 0.700. The number of rotatable bonds is 7. The van der Waals surface area contributed by atoms with E-state index in [2.05, 4.69) is 26.5 Å². The SMILES string of the molecule is O=C(NCC1(O)CCOCC1)C1(OCc2cc(=O)n3[nH]c(C4=CC=CCC4)nc3n2)CCCCC1. The minimum atomic E-state index is -0.997. The van der Waals surface area contributed by atoms with E-state index >= 15 is 0 Å². The van der Waals surface area contributed by atoms with Crippen molar-refractivity contribution < 1.29 is 19.4 Å². The van der Waals surface area contributed by atoms with E-state index in [-0.39, 0.29) is 30.4 Å². The standard InChI is InChI=1S/C25H33N5O5/c31-20-15-19(27-23-28-21(29-30(20)23)18-7-3-1-4-8-18)16-35-25(9-5-2-6-10-25)22(32)26-17-24(33)11-13-34-14-12-24/h1,3,7,15,33H,2,4-6,8-14,16-17H2,(H,26,32)(H,27,28,29). The van der Waals surface area contributed by atoms with E-state index < -0.39 is 11.2 Å². The van der Waals surface area contributed by atoms with Crippen molar-refractivity contribution in [2.75, 3.05) is 19.8 Å². The molecule has 2 aliphatic carbocycles. The highest BCUT2D eigenvalue weighted by Crippen LogP contribution is 2.33. The summed E-state index contributed by atoms with van der Waals surface area (Å²) >= 11 is 0. The average molecular weight is 484 g/mol. The Morgan fingerprint density at radius 2 is 2.00 bits per heavy atom. The van der Waals surface area contributed by atoms with Crippen LogP contribution in [0.15, 0.2) is 29.1 Å². The summed E-state index contributed by atoms with van der Waals surface area (Å²) in [6, 6.07) is 1.42. The van der Waals surface area contributed by atoms with Gasteiger partial charge in [0.25, 0.3) is 17.2 Å². The Bertz CT molecular complexity index is 1180. The first-order valence-electron chi connectivity index (χ1n) is 12.5. The molecule has 0 aromatic carbocycles. The summed E-state index contributed by atoms with van der Waals surface area (Å²) in [5, 5.41) is 16.7. The zero-order valence-electron chi connectivity index (χ0n) is 19.9. The first kappa shape index (κ1) is 23.9. The summed E-state index contributed by atoms with van der Waals surface area (Å²) < 4.78 is 12.9. The van der Waals surface area contributed by atoms with Crippen LogP contribution >= 0.6 is 0 Å². The van der Waals surface area contributed by atoms with E-state index in [1.54, 1.807) is 0 Å². The molecular formula is C25H33N5O5. The number of hydrogen-bond donors (Lipinski definition) is 3. The van der Waals surface area contributed by atoms with Crippen LogP contribution in [-0.2, 0) is 20.9 Å². The molecule has 0 atom stereocenters. The summed E-state index contributed by atoms with van der Waals surface area (Å²) in [5.41, 5.74) is -0.761. The minimum absolute atomic E-state index is 0.0326. The monoisotopic (exact) mass is 483 g/mol. The second kappa shape index (κ2) is 10.0. The van der Waals surface area contributed by atoms with Gasteiger partial charge in [0.1, 0.15) is 5.60 Å². The molecule has 10 heteroatoms. The van der Waals surface area contributed by atoms with Crippen LogP contribution in [0.4, 0.5) is 0 Å². The van der Waals surface area contributed by atoms with E-state index in [0.29, 0.717) is 50.4 Å². The third-order valence-electron chi connectivity index (χ3n) is 7.27. The number of aliphatic hydroxyl groups is 1. The van der Waals surface area contributed by atoms with Crippen LogP contribution in [-0.4, -0.2) is 61.6 Å². The van der Waals surface area contributed by atoms with E-state index in [4.69, 9.17) is 9.47 Å². The molecule has 3 N–H and O–H groups in total. The van der Waals surface area contributed by atoms with Gasteiger partial charge in [0, 0.05) is 38.7 Å². The number of hydrogen-bond acceptors (Lipinski definition) is 7. The van der Waals surface area contributed by atoms with E-state index in [1.165, 1.54) is 10.6 Å². The van der Waals surface area contributed by atoms with Gasteiger partial charge in [-0.05, 0) is 31.3 Å². The fraction of sp³-hybridized carbons (Fsp3) is 0.600. The molecular weight excluding hydrogens is 450 g/mol. The third-order valence-corrected chi connectivity index (χ3v) is 7.27. The van der Waals surface area contributed by atoms with Crippen LogP contribution in [0.1, 0.15) is 69.3 Å². The maximum absolute atomic E-state index is 13.3. The Kier molecular flexibility index (Phi) is 6.86. The highest BCUT2D eigenvalue weighted by atomic mass is 16.5. The lowest BCUT2D eigenvalue weighted by Gasteiger charge is -2.38. The topological polar surface area (TPSA) is 131 Å². The van der Waals surface area contributed by atoms with Crippen molar-refractivity contribution in [3.05, 3.63) is 46.2 Å². The lowest BCUT2D eigenvalue weighted by atomic mass is 9.83.